The number of rotatable bonds is 12. The van der Waals surface area contributed by atoms with Gasteiger partial charge in [0.15, 0.2) is 0 Å². The second-order valence-corrected chi connectivity index (χ2v) is 11.3. The molecule has 0 saturated carbocycles. The first-order valence-corrected chi connectivity index (χ1v) is 14.8. The van der Waals surface area contributed by atoms with Crippen LogP contribution < -0.4 is 20.7 Å². The Balaban J connectivity index is 1.16. The molecular weight excluding hydrogens is 520 g/mol. The lowest BCUT2D eigenvalue weighted by Crippen LogP contribution is -2.50. The standard InChI is InChI=1S/C32H42N4O5/c1-22(2)30(31(33)39)34-28(37)10-4-3-7-21-41-26-14-11-24(12-15-26)32(40)35-19-17-25(18-20-35)36-27-9-6-5-8-23(27)13-16-29(36)38/h5-6,8-9,11-12,14-15,22,25,30H,3-4,7,10,13,16-21H2,1-2H3,(H2,33,39)(H,34,37)/t30-/m0/s1. The fourth-order valence-electron chi connectivity index (χ4n) is 5.62. The van der Waals surface area contributed by atoms with Crippen LogP contribution >= 0.6 is 0 Å². The topological polar surface area (TPSA) is 122 Å². The van der Waals surface area contributed by atoms with Gasteiger partial charge in [-0.3, -0.25) is 19.2 Å². The Kier molecular flexibility index (Phi) is 10.4. The summed E-state index contributed by atoms with van der Waals surface area (Å²) in [6.07, 6.45) is 5.50. The molecule has 220 valence electrons. The molecular formula is C32H42N4O5. The fraction of sp³-hybridized carbons (Fsp3) is 0.500. The van der Waals surface area contributed by atoms with Crippen LogP contribution in [0.2, 0.25) is 0 Å². The van der Waals surface area contributed by atoms with Crippen LogP contribution in [0.1, 0.15) is 74.7 Å². The van der Waals surface area contributed by atoms with E-state index in [2.05, 4.69) is 11.4 Å². The van der Waals surface area contributed by atoms with E-state index in [0.29, 0.717) is 50.3 Å². The molecule has 1 fully saturated rings. The van der Waals surface area contributed by atoms with Crippen LogP contribution in [-0.2, 0) is 20.8 Å². The van der Waals surface area contributed by atoms with E-state index in [-0.39, 0.29) is 29.7 Å². The van der Waals surface area contributed by atoms with E-state index < -0.39 is 11.9 Å². The van der Waals surface area contributed by atoms with E-state index in [9.17, 15) is 19.2 Å². The molecule has 4 amide bonds. The zero-order valence-electron chi connectivity index (χ0n) is 24.1. The third kappa shape index (κ3) is 7.86. The van der Waals surface area contributed by atoms with Crippen LogP contribution in [0, 0.1) is 5.92 Å². The lowest BCUT2D eigenvalue weighted by molar-refractivity contribution is -0.128. The molecule has 0 radical (unpaired) electrons. The minimum atomic E-state index is -0.643. The molecule has 0 unspecified atom stereocenters. The number of hydrogen-bond donors (Lipinski definition) is 2. The van der Waals surface area contributed by atoms with Gasteiger partial charge in [0.1, 0.15) is 11.8 Å². The number of fused-ring (bicyclic) bond motifs is 1. The molecule has 0 spiro atoms. The maximum atomic E-state index is 13.1. The van der Waals surface area contributed by atoms with E-state index in [0.717, 1.165) is 37.8 Å². The molecule has 41 heavy (non-hydrogen) atoms. The number of benzene rings is 2. The average molecular weight is 563 g/mol. The molecule has 1 saturated heterocycles. The first-order valence-electron chi connectivity index (χ1n) is 14.8. The minimum Gasteiger partial charge on any atom is -0.494 e. The Morgan fingerprint density at radius 2 is 1.68 bits per heavy atom. The number of carbonyl (C=O) groups is 4. The van der Waals surface area contributed by atoms with Crippen molar-refractivity contribution in [3.63, 3.8) is 0 Å². The molecule has 0 bridgehead atoms. The number of amides is 4. The number of piperidine rings is 1. The second kappa shape index (κ2) is 14.1. The number of para-hydroxylation sites is 1. The summed E-state index contributed by atoms with van der Waals surface area (Å²) >= 11 is 0. The third-order valence-electron chi connectivity index (χ3n) is 7.95. The zero-order valence-corrected chi connectivity index (χ0v) is 24.1. The van der Waals surface area contributed by atoms with Crippen molar-refractivity contribution in [3.05, 3.63) is 59.7 Å². The van der Waals surface area contributed by atoms with Crippen molar-refractivity contribution in [1.82, 2.24) is 10.2 Å². The number of unbranched alkanes of at least 4 members (excludes halogenated alkanes) is 2. The molecule has 2 aliphatic rings. The smallest absolute Gasteiger partial charge is 0.253 e. The second-order valence-electron chi connectivity index (χ2n) is 11.3. The number of carbonyl (C=O) groups excluding carboxylic acids is 4. The molecule has 2 aliphatic heterocycles. The van der Waals surface area contributed by atoms with Gasteiger partial charge < -0.3 is 25.6 Å². The van der Waals surface area contributed by atoms with E-state index in [4.69, 9.17) is 10.5 Å². The number of nitrogens with zero attached hydrogens (tertiary/aromatic N) is 2. The minimum absolute atomic E-state index is 0.00492. The van der Waals surface area contributed by atoms with Gasteiger partial charge in [0, 0.05) is 43.2 Å². The summed E-state index contributed by atoms with van der Waals surface area (Å²) in [5.74, 6) is 0.133. The van der Waals surface area contributed by atoms with Crippen molar-refractivity contribution in [1.29, 1.82) is 0 Å². The van der Waals surface area contributed by atoms with Crippen LogP contribution in [0.15, 0.2) is 48.5 Å². The van der Waals surface area contributed by atoms with Gasteiger partial charge in [-0.15, -0.1) is 0 Å². The number of primary amides is 1. The molecule has 2 aromatic carbocycles. The Morgan fingerprint density at radius 3 is 2.37 bits per heavy atom. The van der Waals surface area contributed by atoms with Gasteiger partial charge in [-0.05, 0) is 80.3 Å². The first kappa shape index (κ1) is 30.1. The Labute approximate surface area is 242 Å². The molecule has 1 atom stereocenters. The van der Waals surface area contributed by atoms with Crippen molar-refractivity contribution in [2.45, 2.75) is 77.3 Å². The van der Waals surface area contributed by atoms with E-state index >= 15 is 0 Å². The molecule has 4 rings (SSSR count). The third-order valence-corrected chi connectivity index (χ3v) is 7.95. The highest BCUT2D eigenvalue weighted by Crippen LogP contribution is 2.32. The lowest BCUT2D eigenvalue weighted by atomic mass is 9.95. The van der Waals surface area contributed by atoms with E-state index in [1.165, 1.54) is 5.56 Å². The highest BCUT2D eigenvalue weighted by Gasteiger charge is 2.33. The highest BCUT2D eigenvalue weighted by molar-refractivity contribution is 5.97. The van der Waals surface area contributed by atoms with Crippen LogP contribution in [0.3, 0.4) is 0 Å². The van der Waals surface area contributed by atoms with Crippen molar-refractivity contribution in [3.8, 4) is 5.75 Å². The number of hydrogen-bond acceptors (Lipinski definition) is 5. The summed E-state index contributed by atoms with van der Waals surface area (Å²) in [6, 6.07) is 14.8. The molecule has 0 aliphatic carbocycles. The monoisotopic (exact) mass is 562 g/mol. The summed E-state index contributed by atoms with van der Waals surface area (Å²) < 4.78 is 5.82. The number of nitrogens with one attached hydrogen (secondary N) is 1. The van der Waals surface area contributed by atoms with E-state index in [1.807, 2.05) is 54.0 Å². The maximum absolute atomic E-state index is 13.1. The molecule has 9 heteroatoms. The summed E-state index contributed by atoms with van der Waals surface area (Å²) in [6.45, 7) is 5.44. The quantitative estimate of drug-likeness (QED) is 0.381. The van der Waals surface area contributed by atoms with Crippen molar-refractivity contribution in [2.24, 2.45) is 11.7 Å². The summed E-state index contributed by atoms with van der Waals surface area (Å²) in [5, 5.41) is 2.70. The largest absolute Gasteiger partial charge is 0.494 e. The zero-order chi connectivity index (χ0) is 29.4. The first-order chi connectivity index (χ1) is 19.7. The predicted octanol–water partition coefficient (Wildman–Crippen LogP) is 3.84. The number of nitrogens with two attached hydrogens (primary N) is 1. The van der Waals surface area contributed by atoms with Crippen LogP contribution in [-0.4, -0.2) is 60.3 Å². The van der Waals surface area contributed by atoms with Gasteiger partial charge >= 0.3 is 0 Å². The Hall–Kier alpha value is -3.88. The molecule has 3 N–H and O–H groups in total. The summed E-state index contributed by atoms with van der Waals surface area (Å²) in [5.41, 5.74) is 8.21. The Bertz CT molecular complexity index is 1220. The normalized spacial score (nSPS) is 16.3. The van der Waals surface area contributed by atoms with Crippen LogP contribution in [0.5, 0.6) is 5.75 Å². The number of aryl methyl sites for hydroxylation is 1. The highest BCUT2D eigenvalue weighted by atomic mass is 16.5. The van der Waals surface area contributed by atoms with Crippen molar-refractivity contribution in [2.75, 3.05) is 24.6 Å². The van der Waals surface area contributed by atoms with Crippen molar-refractivity contribution < 1.29 is 23.9 Å². The Morgan fingerprint density at radius 1 is 0.976 bits per heavy atom. The van der Waals surface area contributed by atoms with Gasteiger partial charge in [0.2, 0.25) is 17.7 Å². The average Bonchev–Trinajstić information content (AvgIpc) is 2.97. The SMILES string of the molecule is CC(C)[C@H](NC(=O)CCCCCOc1ccc(C(=O)N2CCC(N3C(=O)CCc4ccccc43)CC2)cc1)C(N)=O. The number of anilines is 1. The van der Waals surface area contributed by atoms with Gasteiger partial charge in [-0.25, -0.2) is 0 Å². The summed E-state index contributed by atoms with van der Waals surface area (Å²) in [4.78, 5) is 53.2. The van der Waals surface area contributed by atoms with Crippen molar-refractivity contribution >= 4 is 29.3 Å². The lowest BCUT2D eigenvalue weighted by Gasteiger charge is -2.41. The van der Waals surface area contributed by atoms with E-state index in [1.54, 1.807) is 12.1 Å². The van der Waals surface area contributed by atoms with Crippen LogP contribution in [0.25, 0.3) is 0 Å². The van der Waals surface area contributed by atoms with Gasteiger partial charge in [0.05, 0.1) is 6.61 Å². The molecule has 0 aromatic heterocycles. The van der Waals surface area contributed by atoms with Crippen LogP contribution in [0.4, 0.5) is 5.69 Å². The van der Waals surface area contributed by atoms with Gasteiger partial charge in [-0.1, -0.05) is 32.0 Å². The predicted molar refractivity (Wildman–Crippen MR) is 158 cm³/mol. The number of ether oxygens (including phenoxy) is 1. The van der Waals surface area contributed by atoms with Gasteiger partial charge in [-0.2, -0.15) is 0 Å². The molecule has 9 nitrogen and oxygen atoms in total. The molecule has 2 aromatic rings. The summed E-state index contributed by atoms with van der Waals surface area (Å²) in [7, 11) is 0. The maximum Gasteiger partial charge on any atom is 0.253 e. The fourth-order valence-corrected chi connectivity index (χ4v) is 5.62. The molecule has 2 heterocycles. The van der Waals surface area contributed by atoms with Gasteiger partial charge in [0.25, 0.3) is 5.91 Å². The number of likely N-dealkylation sites (tertiary alicyclic amines) is 1.